The number of nitrogens with one attached hydrogen (secondary N) is 1. The number of rotatable bonds is 9. The minimum absolute atomic E-state index is 0.0325. The fraction of sp³-hybridized carbons (Fsp3) is 0.846. The normalized spacial score (nSPS) is 10.8. The fourth-order valence-corrected chi connectivity index (χ4v) is 1.64. The number of carbonyl (C=O) groups is 2. The number of ether oxygens (including phenoxy) is 1. The van der Waals surface area contributed by atoms with E-state index in [9.17, 15) is 9.59 Å². The highest BCUT2D eigenvalue weighted by Gasteiger charge is 2.15. The predicted molar refractivity (Wildman–Crippen MR) is 71.3 cm³/mol. The minimum Gasteiger partial charge on any atom is -0.465 e. The number of carbonyl (C=O) groups excluding carboxylic acids is 2. The molecule has 0 rings (SSSR count). The summed E-state index contributed by atoms with van der Waals surface area (Å²) in [5.74, 6) is -0.315. The highest BCUT2D eigenvalue weighted by molar-refractivity contribution is 5.79. The highest BCUT2D eigenvalue weighted by Crippen LogP contribution is 1.97. The maximum absolute atomic E-state index is 11.8. The van der Waals surface area contributed by atoms with Crippen molar-refractivity contribution in [3.63, 3.8) is 0 Å². The van der Waals surface area contributed by atoms with Crippen LogP contribution in [0.25, 0.3) is 0 Å². The molecular weight excluding hydrogens is 232 g/mol. The zero-order chi connectivity index (χ0) is 14.0. The van der Waals surface area contributed by atoms with Gasteiger partial charge in [0.2, 0.25) is 5.91 Å². The molecule has 0 saturated carbocycles. The van der Waals surface area contributed by atoms with E-state index in [0.29, 0.717) is 13.2 Å². The van der Waals surface area contributed by atoms with Gasteiger partial charge in [0.15, 0.2) is 0 Å². The first kappa shape index (κ1) is 16.9. The first-order chi connectivity index (χ1) is 8.57. The van der Waals surface area contributed by atoms with E-state index >= 15 is 0 Å². The lowest BCUT2D eigenvalue weighted by atomic mass is 10.2. The molecule has 0 heterocycles. The van der Waals surface area contributed by atoms with Crippen LogP contribution in [0.3, 0.4) is 0 Å². The first-order valence-corrected chi connectivity index (χ1v) is 6.74. The Bertz CT molecular complexity index is 253. The van der Waals surface area contributed by atoms with Gasteiger partial charge in [-0.2, -0.15) is 0 Å². The van der Waals surface area contributed by atoms with E-state index in [1.165, 1.54) is 0 Å². The van der Waals surface area contributed by atoms with E-state index in [1.807, 2.05) is 20.8 Å². The van der Waals surface area contributed by atoms with Crippen LogP contribution in [0.5, 0.6) is 0 Å². The van der Waals surface area contributed by atoms with Crippen molar-refractivity contribution in [2.45, 2.75) is 46.6 Å². The molecule has 0 aliphatic rings. The molecule has 0 aromatic rings. The number of hydrogen-bond acceptors (Lipinski definition) is 4. The summed E-state index contributed by atoms with van der Waals surface area (Å²) in [6.07, 6.45) is 1.85. The van der Waals surface area contributed by atoms with Gasteiger partial charge in [-0.25, -0.2) is 0 Å². The zero-order valence-electron chi connectivity index (χ0n) is 12.0. The van der Waals surface area contributed by atoms with Gasteiger partial charge >= 0.3 is 5.97 Å². The van der Waals surface area contributed by atoms with Gasteiger partial charge in [0.05, 0.1) is 19.7 Å². The maximum Gasteiger partial charge on any atom is 0.320 e. The second-order valence-corrected chi connectivity index (χ2v) is 4.19. The Morgan fingerprint density at radius 2 is 1.72 bits per heavy atom. The lowest BCUT2D eigenvalue weighted by Crippen LogP contribution is -2.43. The van der Waals surface area contributed by atoms with Gasteiger partial charge in [0.1, 0.15) is 0 Å². The molecule has 5 heteroatoms. The van der Waals surface area contributed by atoms with Crippen LogP contribution in [-0.4, -0.2) is 49.1 Å². The molecule has 106 valence electrons. The van der Waals surface area contributed by atoms with Gasteiger partial charge in [-0.15, -0.1) is 0 Å². The molecule has 0 aromatic carbocycles. The van der Waals surface area contributed by atoms with Crippen molar-refractivity contribution in [1.82, 2.24) is 10.2 Å². The van der Waals surface area contributed by atoms with Crippen LogP contribution in [0.15, 0.2) is 0 Å². The van der Waals surface area contributed by atoms with Gasteiger partial charge < -0.3 is 10.1 Å². The Hall–Kier alpha value is -1.10. The molecule has 1 N–H and O–H groups in total. The van der Waals surface area contributed by atoms with Crippen LogP contribution >= 0.6 is 0 Å². The molecule has 0 bridgehead atoms. The van der Waals surface area contributed by atoms with Crippen molar-refractivity contribution in [1.29, 1.82) is 0 Å². The number of hydrogen-bond donors (Lipinski definition) is 1. The summed E-state index contributed by atoms with van der Waals surface area (Å²) in [6, 6.07) is 0.221. The predicted octanol–water partition coefficient (Wildman–Crippen LogP) is 1.18. The Balaban J connectivity index is 4.11. The monoisotopic (exact) mass is 258 g/mol. The van der Waals surface area contributed by atoms with E-state index in [1.54, 1.807) is 11.8 Å². The molecule has 0 fully saturated rings. The van der Waals surface area contributed by atoms with Crippen LogP contribution in [-0.2, 0) is 14.3 Å². The van der Waals surface area contributed by atoms with Crippen LogP contribution in [0, 0.1) is 0 Å². The Labute approximate surface area is 110 Å². The van der Waals surface area contributed by atoms with Crippen LogP contribution < -0.4 is 5.32 Å². The second-order valence-electron chi connectivity index (χ2n) is 4.19. The third-order valence-corrected chi connectivity index (χ3v) is 2.82. The molecule has 0 saturated heterocycles. The lowest BCUT2D eigenvalue weighted by Gasteiger charge is -2.21. The summed E-state index contributed by atoms with van der Waals surface area (Å²) in [6.45, 7) is 9.21. The van der Waals surface area contributed by atoms with E-state index in [0.717, 1.165) is 12.8 Å². The summed E-state index contributed by atoms with van der Waals surface area (Å²) >= 11 is 0. The maximum atomic E-state index is 11.8. The third-order valence-electron chi connectivity index (χ3n) is 2.82. The molecule has 0 aromatic heterocycles. The average molecular weight is 258 g/mol. The topological polar surface area (TPSA) is 58.6 Å². The summed E-state index contributed by atoms with van der Waals surface area (Å²) in [7, 11) is 0. The van der Waals surface area contributed by atoms with Crippen molar-refractivity contribution in [2.75, 3.05) is 26.2 Å². The van der Waals surface area contributed by atoms with Gasteiger partial charge in [-0.1, -0.05) is 20.8 Å². The molecule has 5 nitrogen and oxygen atoms in total. The van der Waals surface area contributed by atoms with Crippen LogP contribution in [0.1, 0.15) is 40.5 Å². The molecule has 0 spiro atoms. The summed E-state index contributed by atoms with van der Waals surface area (Å²) in [4.78, 5) is 24.9. The fourth-order valence-electron chi connectivity index (χ4n) is 1.64. The quantitative estimate of drug-likeness (QED) is 0.631. The van der Waals surface area contributed by atoms with Crippen molar-refractivity contribution in [3.05, 3.63) is 0 Å². The van der Waals surface area contributed by atoms with Gasteiger partial charge in [-0.05, 0) is 26.3 Å². The van der Waals surface area contributed by atoms with Gasteiger partial charge in [0, 0.05) is 6.04 Å². The molecule has 0 radical (unpaired) electrons. The molecule has 0 unspecified atom stereocenters. The molecule has 0 atom stereocenters. The van der Waals surface area contributed by atoms with E-state index in [-0.39, 0.29) is 31.0 Å². The Morgan fingerprint density at radius 3 is 2.17 bits per heavy atom. The van der Waals surface area contributed by atoms with Crippen molar-refractivity contribution >= 4 is 11.9 Å². The van der Waals surface area contributed by atoms with Gasteiger partial charge in [0.25, 0.3) is 0 Å². The van der Waals surface area contributed by atoms with Crippen molar-refractivity contribution in [3.8, 4) is 0 Å². The molecule has 0 aliphatic carbocycles. The minimum atomic E-state index is -0.283. The number of esters is 1. The van der Waals surface area contributed by atoms with Crippen molar-refractivity contribution < 1.29 is 14.3 Å². The SMILES string of the molecule is CCOC(=O)CN(CC)CC(=O)NC(CC)CC. The molecule has 1 amide bonds. The Morgan fingerprint density at radius 1 is 1.11 bits per heavy atom. The van der Waals surface area contributed by atoms with Crippen LogP contribution in [0.4, 0.5) is 0 Å². The zero-order valence-corrected chi connectivity index (χ0v) is 12.0. The lowest BCUT2D eigenvalue weighted by molar-refractivity contribution is -0.144. The van der Waals surface area contributed by atoms with E-state index < -0.39 is 0 Å². The Kier molecular flexibility index (Phi) is 9.28. The van der Waals surface area contributed by atoms with Crippen molar-refractivity contribution in [2.24, 2.45) is 0 Å². The largest absolute Gasteiger partial charge is 0.465 e. The number of likely N-dealkylation sites (N-methyl/N-ethyl adjacent to an activating group) is 1. The van der Waals surface area contributed by atoms with Crippen LogP contribution in [0.2, 0.25) is 0 Å². The average Bonchev–Trinajstić information content (AvgIpc) is 2.35. The molecule has 18 heavy (non-hydrogen) atoms. The molecular formula is C13H26N2O3. The summed E-state index contributed by atoms with van der Waals surface area (Å²) in [5.41, 5.74) is 0. The smallest absolute Gasteiger partial charge is 0.320 e. The number of amides is 1. The third kappa shape index (κ3) is 7.27. The second kappa shape index (κ2) is 9.88. The summed E-state index contributed by atoms with van der Waals surface area (Å²) < 4.78 is 4.87. The molecule has 0 aliphatic heterocycles. The summed E-state index contributed by atoms with van der Waals surface area (Å²) in [5, 5.41) is 2.95. The standard InChI is InChI=1S/C13H26N2O3/c1-5-11(6-2)14-12(16)9-15(7-3)10-13(17)18-8-4/h11H,5-10H2,1-4H3,(H,14,16). The van der Waals surface area contributed by atoms with Gasteiger partial charge in [-0.3, -0.25) is 14.5 Å². The highest BCUT2D eigenvalue weighted by atomic mass is 16.5. The van der Waals surface area contributed by atoms with E-state index in [2.05, 4.69) is 5.32 Å². The number of nitrogens with zero attached hydrogens (tertiary/aromatic N) is 1. The van der Waals surface area contributed by atoms with E-state index in [4.69, 9.17) is 4.74 Å². The first-order valence-electron chi connectivity index (χ1n) is 6.74.